The molecule has 0 fully saturated rings. The van der Waals surface area contributed by atoms with Gasteiger partial charge < -0.3 is 15.8 Å². The molecule has 11 heteroatoms. The number of hydrogen-bond acceptors (Lipinski definition) is 6. The van der Waals surface area contributed by atoms with Gasteiger partial charge in [-0.3, -0.25) is 19.0 Å². The van der Waals surface area contributed by atoms with E-state index in [-0.39, 0.29) is 34.8 Å². The highest BCUT2D eigenvalue weighted by atomic mass is 32.1. The second-order valence-corrected chi connectivity index (χ2v) is 10.0. The van der Waals surface area contributed by atoms with Gasteiger partial charge in [-0.15, -0.1) is 11.3 Å². The highest BCUT2D eigenvalue weighted by Gasteiger charge is 2.22. The topological polar surface area (TPSA) is 116 Å². The molecule has 1 heterocycles. The molecule has 2 rings (SSSR count). The van der Waals surface area contributed by atoms with Crippen molar-refractivity contribution in [1.29, 1.82) is 0 Å². The Kier molecular flexibility index (Phi) is 9.22. The van der Waals surface area contributed by atoms with E-state index in [9.17, 15) is 23.2 Å². The predicted molar refractivity (Wildman–Crippen MR) is 125 cm³/mol. The summed E-state index contributed by atoms with van der Waals surface area (Å²) in [5, 5.41) is 3.83. The number of benzene rings is 1. The number of aromatic nitrogens is 1. The number of hydrogen-bond donors (Lipinski definition) is 2. The van der Waals surface area contributed by atoms with Crippen molar-refractivity contribution in [3.8, 4) is 0 Å². The zero-order valence-electron chi connectivity index (χ0n) is 19.9. The fourth-order valence-corrected chi connectivity index (χ4v) is 3.55. The molecule has 2 aromatic rings. The lowest BCUT2D eigenvalue weighted by molar-refractivity contribution is -0.150. The summed E-state index contributed by atoms with van der Waals surface area (Å²) in [5.74, 6) is -4.27. The number of thiazole rings is 1. The molecule has 0 unspecified atom stereocenters. The van der Waals surface area contributed by atoms with Crippen LogP contribution in [0.4, 0.5) is 14.5 Å². The number of nitrogens with one attached hydrogen (secondary N) is 1. The third-order valence-electron chi connectivity index (χ3n) is 4.98. The standard InChI is InChI=1S/C23H30F2N4O4S/c1-6-13(2)18(26)21(32)33-12-29-7-8-34-22(29)28-20(31)14-9-15(24)19(16(25)10-14)27-17(30)11-23(3,4)5/h7-10,13,18H,6,11-12,26H2,1-5H3,(H,27,30)/t13-,18-/m0/s1. The first kappa shape index (κ1) is 27.3. The van der Waals surface area contributed by atoms with Crippen LogP contribution in [0.5, 0.6) is 0 Å². The van der Waals surface area contributed by atoms with Crippen molar-refractivity contribution >= 4 is 34.8 Å². The Morgan fingerprint density at radius 3 is 2.41 bits per heavy atom. The lowest BCUT2D eigenvalue weighted by Crippen LogP contribution is -2.38. The van der Waals surface area contributed by atoms with Gasteiger partial charge >= 0.3 is 5.97 Å². The molecule has 1 aromatic heterocycles. The predicted octanol–water partition coefficient (Wildman–Crippen LogP) is 3.82. The van der Waals surface area contributed by atoms with Crippen LogP contribution in [0.15, 0.2) is 28.7 Å². The maximum Gasteiger partial charge on any atom is 0.324 e. The van der Waals surface area contributed by atoms with Crippen molar-refractivity contribution < 1.29 is 27.9 Å². The molecule has 34 heavy (non-hydrogen) atoms. The van der Waals surface area contributed by atoms with E-state index < -0.39 is 41.1 Å². The third kappa shape index (κ3) is 7.56. The molecule has 2 atom stereocenters. The Morgan fingerprint density at radius 2 is 1.85 bits per heavy atom. The van der Waals surface area contributed by atoms with Crippen LogP contribution >= 0.6 is 11.3 Å². The molecule has 8 nitrogen and oxygen atoms in total. The Labute approximate surface area is 200 Å². The molecule has 0 aliphatic heterocycles. The first-order chi connectivity index (χ1) is 15.8. The first-order valence-corrected chi connectivity index (χ1v) is 11.6. The van der Waals surface area contributed by atoms with Gasteiger partial charge in [-0.1, -0.05) is 41.0 Å². The van der Waals surface area contributed by atoms with E-state index in [1.165, 1.54) is 4.57 Å². The average molecular weight is 497 g/mol. The zero-order chi connectivity index (χ0) is 25.6. The van der Waals surface area contributed by atoms with E-state index in [4.69, 9.17) is 10.5 Å². The molecule has 0 radical (unpaired) electrons. The van der Waals surface area contributed by atoms with Gasteiger partial charge in [0, 0.05) is 23.6 Å². The normalized spacial score (nSPS) is 13.9. The number of rotatable bonds is 8. The van der Waals surface area contributed by atoms with Crippen molar-refractivity contribution in [3.05, 3.63) is 45.7 Å². The second-order valence-electron chi connectivity index (χ2n) is 9.18. The Hall–Kier alpha value is -2.92. The maximum atomic E-state index is 14.5. The molecule has 0 bridgehead atoms. The first-order valence-electron chi connectivity index (χ1n) is 10.8. The number of ether oxygens (including phenoxy) is 1. The van der Waals surface area contributed by atoms with Gasteiger partial charge in [-0.2, -0.15) is 4.99 Å². The van der Waals surface area contributed by atoms with Crippen molar-refractivity contribution in [1.82, 2.24) is 4.57 Å². The van der Waals surface area contributed by atoms with Crippen LogP contribution in [-0.4, -0.2) is 28.4 Å². The van der Waals surface area contributed by atoms with Gasteiger partial charge in [0.05, 0.1) is 0 Å². The minimum Gasteiger partial charge on any atom is -0.443 e. The molecule has 2 amide bonds. The molecule has 0 spiro atoms. The summed E-state index contributed by atoms with van der Waals surface area (Å²) in [6.07, 6.45) is 2.32. The lowest BCUT2D eigenvalue weighted by Gasteiger charge is -2.17. The maximum absolute atomic E-state index is 14.5. The fraction of sp³-hybridized carbons (Fsp3) is 0.478. The van der Waals surface area contributed by atoms with Gasteiger partial charge in [-0.05, 0) is 23.5 Å². The van der Waals surface area contributed by atoms with Gasteiger partial charge in [0.25, 0.3) is 5.91 Å². The van der Waals surface area contributed by atoms with Gasteiger partial charge in [0.15, 0.2) is 23.2 Å². The summed E-state index contributed by atoms with van der Waals surface area (Å²) in [7, 11) is 0. The van der Waals surface area contributed by atoms with Gasteiger partial charge in [-0.25, -0.2) is 8.78 Å². The minimum atomic E-state index is -1.09. The van der Waals surface area contributed by atoms with Crippen molar-refractivity contribution in [2.24, 2.45) is 22.1 Å². The third-order valence-corrected chi connectivity index (χ3v) is 5.77. The number of nitrogens with two attached hydrogens (primary N) is 1. The Bertz CT molecular complexity index is 1100. The second kappa shape index (κ2) is 11.5. The largest absolute Gasteiger partial charge is 0.443 e. The molecule has 0 saturated carbocycles. The molecular formula is C23H30F2N4O4S. The van der Waals surface area contributed by atoms with Crippen LogP contribution in [-0.2, 0) is 21.1 Å². The van der Waals surface area contributed by atoms with Crippen molar-refractivity contribution in [2.75, 3.05) is 5.32 Å². The minimum absolute atomic E-state index is 0.0586. The summed E-state index contributed by atoms with van der Waals surface area (Å²) < 4.78 is 35.6. The van der Waals surface area contributed by atoms with Gasteiger partial charge in [0.2, 0.25) is 5.91 Å². The molecule has 186 valence electrons. The van der Waals surface area contributed by atoms with E-state index in [2.05, 4.69) is 10.3 Å². The number of nitrogens with zero attached hydrogens (tertiary/aromatic N) is 2. The monoisotopic (exact) mass is 496 g/mol. The summed E-state index contributed by atoms with van der Waals surface area (Å²) in [5.41, 5.74) is 4.53. The van der Waals surface area contributed by atoms with Gasteiger partial charge in [0.1, 0.15) is 11.7 Å². The zero-order valence-corrected chi connectivity index (χ0v) is 20.7. The summed E-state index contributed by atoms with van der Waals surface area (Å²) >= 11 is 1.08. The van der Waals surface area contributed by atoms with E-state index in [1.54, 1.807) is 11.6 Å². The lowest BCUT2D eigenvalue weighted by atomic mass is 9.92. The Morgan fingerprint density at radius 1 is 1.24 bits per heavy atom. The van der Waals surface area contributed by atoms with Crippen LogP contribution in [0.25, 0.3) is 0 Å². The van der Waals surface area contributed by atoms with Crippen LogP contribution in [0.1, 0.15) is 57.8 Å². The summed E-state index contributed by atoms with van der Waals surface area (Å²) in [4.78, 5) is 40.7. The molecule has 0 saturated heterocycles. The number of anilines is 1. The van der Waals surface area contributed by atoms with Crippen LogP contribution in [0, 0.1) is 23.0 Å². The number of esters is 1. The number of carbonyl (C=O) groups excluding carboxylic acids is 3. The average Bonchev–Trinajstić information content (AvgIpc) is 3.18. The number of carbonyl (C=O) groups is 3. The van der Waals surface area contributed by atoms with Crippen molar-refractivity contribution in [2.45, 2.75) is 60.2 Å². The summed E-state index contributed by atoms with van der Waals surface area (Å²) in [6, 6.07) is 0.842. The number of halogens is 2. The SMILES string of the molecule is CC[C@H](C)[C@H](N)C(=O)OCn1ccsc1=NC(=O)c1cc(F)c(NC(=O)CC(C)(C)C)c(F)c1. The van der Waals surface area contributed by atoms with E-state index in [0.717, 1.165) is 23.5 Å². The van der Waals surface area contributed by atoms with Crippen LogP contribution in [0.3, 0.4) is 0 Å². The quantitative estimate of drug-likeness (QED) is 0.539. The molecular weight excluding hydrogens is 466 g/mol. The molecule has 0 aliphatic rings. The number of amides is 2. The van der Waals surface area contributed by atoms with Crippen LogP contribution < -0.4 is 15.9 Å². The highest BCUT2D eigenvalue weighted by molar-refractivity contribution is 7.07. The Balaban J connectivity index is 2.17. The summed E-state index contributed by atoms with van der Waals surface area (Å²) in [6.45, 7) is 8.98. The molecule has 1 aromatic carbocycles. The highest BCUT2D eigenvalue weighted by Crippen LogP contribution is 2.24. The van der Waals surface area contributed by atoms with E-state index in [1.807, 2.05) is 34.6 Å². The molecule has 0 aliphatic carbocycles. The fourth-order valence-electron chi connectivity index (χ4n) is 2.83. The van der Waals surface area contributed by atoms with E-state index in [0.29, 0.717) is 6.42 Å². The molecule has 3 N–H and O–H groups in total. The van der Waals surface area contributed by atoms with Crippen LogP contribution in [0.2, 0.25) is 0 Å². The van der Waals surface area contributed by atoms with E-state index >= 15 is 0 Å². The van der Waals surface area contributed by atoms with Crippen molar-refractivity contribution in [3.63, 3.8) is 0 Å². The smallest absolute Gasteiger partial charge is 0.324 e.